The Bertz CT molecular complexity index is 610. The van der Waals surface area contributed by atoms with Gasteiger partial charge >= 0.3 is 6.09 Å². The summed E-state index contributed by atoms with van der Waals surface area (Å²) in [5, 5.41) is 6.33. The van der Waals surface area contributed by atoms with Gasteiger partial charge in [0.2, 0.25) is 0 Å². The lowest BCUT2D eigenvalue weighted by Gasteiger charge is -2.23. The Hall–Kier alpha value is -2.24. The zero-order chi connectivity index (χ0) is 19.7. The first-order valence-corrected chi connectivity index (χ1v) is 9.94. The third-order valence-corrected chi connectivity index (χ3v) is 4.27. The maximum Gasteiger partial charge on any atom is 0.407 e. The van der Waals surface area contributed by atoms with Gasteiger partial charge in [-0.2, -0.15) is 0 Å². The lowest BCUT2D eigenvalue weighted by Crippen LogP contribution is -2.44. The Kier molecular flexibility index (Phi) is 7.95. The number of ether oxygens (including phenoxy) is 1. The number of likely N-dealkylation sites (tertiary alicyclic amines) is 1. The monoisotopic (exact) mass is 374 g/mol. The minimum absolute atomic E-state index is 0.0908. The van der Waals surface area contributed by atoms with Crippen LogP contribution >= 0.6 is 0 Å². The standard InChI is InChI=1S/C21H34N4O2/c1-5-22-19(23-14-9-12-17-10-7-6-8-11-17)25-15-13-18(16-25)24-20(26)27-21(2,3)4/h6-8,10-11,18H,5,9,12-16H2,1-4H3,(H,22,23)(H,24,26). The lowest BCUT2D eigenvalue weighted by molar-refractivity contribution is 0.0507. The zero-order valence-corrected chi connectivity index (χ0v) is 17.1. The largest absolute Gasteiger partial charge is 0.444 e. The van der Waals surface area contributed by atoms with E-state index < -0.39 is 5.60 Å². The van der Waals surface area contributed by atoms with Crippen LogP contribution in [0.4, 0.5) is 4.79 Å². The number of aliphatic imine (C=N–C) groups is 1. The molecule has 6 heteroatoms. The van der Waals surface area contributed by atoms with Crippen LogP contribution in [0.2, 0.25) is 0 Å². The molecule has 1 amide bonds. The van der Waals surface area contributed by atoms with Crippen LogP contribution in [-0.4, -0.2) is 54.8 Å². The number of carbonyl (C=O) groups excluding carboxylic acids is 1. The number of guanidine groups is 1. The van der Waals surface area contributed by atoms with Crippen molar-refractivity contribution in [2.75, 3.05) is 26.2 Å². The number of nitrogens with zero attached hydrogens (tertiary/aromatic N) is 2. The maximum atomic E-state index is 12.0. The minimum atomic E-state index is -0.475. The van der Waals surface area contributed by atoms with Crippen molar-refractivity contribution in [1.82, 2.24) is 15.5 Å². The molecule has 0 bridgehead atoms. The van der Waals surface area contributed by atoms with Gasteiger partial charge in [0.15, 0.2) is 5.96 Å². The van der Waals surface area contributed by atoms with Crippen LogP contribution < -0.4 is 10.6 Å². The summed E-state index contributed by atoms with van der Waals surface area (Å²) in [4.78, 5) is 19.0. The van der Waals surface area contributed by atoms with Gasteiger partial charge in [-0.15, -0.1) is 0 Å². The molecule has 1 aliphatic rings. The molecule has 0 aromatic heterocycles. The summed E-state index contributed by atoms with van der Waals surface area (Å²) < 4.78 is 5.35. The summed E-state index contributed by atoms with van der Waals surface area (Å²) in [6.07, 6.45) is 2.60. The van der Waals surface area contributed by atoms with Gasteiger partial charge in [-0.05, 0) is 52.5 Å². The highest BCUT2D eigenvalue weighted by Crippen LogP contribution is 2.12. The van der Waals surface area contributed by atoms with Gasteiger partial charge in [0.05, 0.1) is 6.04 Å². The molecule has 1 saturated heterocycles. The van der Waals surface area contributed by atoms with Crippen molar-refractivity contribution < 1.29 is 9.53 Å². The van der Waals surface area contributed by atoms with E-state index in [4.69, 9.17) is 9.73 Å². The van der Waals surface area contributed by atoms with E-state index in [2.05, 4.69) is 46.7 Å². The molecule has 1 fully saturated rings. The molecule has 1 aromatic rings. The van der Waals surface area contributed by atoms with Gasteiger partial charge in [0, 0.05) is 26.2 Å². The van der Waals surface area contributed by atoms with E-state index in [0.29, 0.717) is 0 Å². The SMILES string of the molecule is CCNC(=NCCCc1ccccc1)N1CCC(NC(=O)OC(C)(C)C)C1. The summed E-state index contributed by atoms with van der Waals surface area (Å²) in [7, 11) is 0. The molecule has 1 aromatic carbocycles. The summed E-state index contributed by atoms with van der Waals surface area (Å²) >= 11 is 0. The molecule has 1 aliphatic heterocycles. The highest BCUT2D eigenvalue weighted by atomic mass is 16.6. The Morgan fingerprint density at radius 1 is 1.30 bits per heavy atom. The molecule has 1 heterocycles. The van der Waals surface area contributed by atoms with Gasteiger partial charge in [-0.1, -0.05) is 30.3 Å². The summed E-state index contributed by atoms with van der Waals surface area (Å²) in [6, 6.07) is 10.6. The van der Waals surface area contributed by atoms with E-state index in [9.17, 15) is 4.79 Å². The van der Waals surface area contributed by atoms with E-state index in [-0.39, 0.29) is 12.1 Å². The second-order valence-corrected chi connectivity index (χ2v) is 7.90. The Morgan fingerprint density at radius 3 is 2.70 bits per heavy atom. The smallest absolute Gasteiger partial charge is 0.407 e. The van der Waals surface area contributed by atoms with Crippen molar-refractivity contribution in [1.29, 1.82) is 0 Å². The number of carbonyl (C=O) groups is 1. The van der Waals surface area contributed by atoms with Crippen molar-refractivity contribution in [3.05, 3.63) is 35.9 Å². The number of amides is 1. The number of aryl methyl sites for hydroxylation is 1. The Morgan fingerprint density at radius 2 is 2.04 bits per heavy atom. The lowest BCUT2D eigenvalue weighted by atomic mass is 10.1. The average Bonchev–Trinajstić information content (AvgIpc) is 3.05. The van der Waals surface area contributed by atoms with Crippen LogP contribution in [0.5, 0.6) is 0 Å². The fourth-order valence-corrected chi connectivity index (χ4v) is 3.08. The second kappa shape index (κ2) is 10.2. The summed E-state index contributed by atoms with van der Waals surface area (Å²) in [5.74, 6) is 0.930. The predicted molar refractivity (Wildman–Crippen MR) is 110 cm³/mol. The number of hydrogen-bond donors (Lipinski definition) is 2. The molecule has 27 heavy (non-hydrogen) atoms. The fourth-order valence-electron chi connectivity index (χ4n) is 3.08. The quantitative estimate of drug-likeness (QED) is 0.456. The Labute approximate surface area is 163 Å². The van der Waals surface area contributed by atoms with Crippen molar-refractivity contribution >= 4 is 12.1 Å². The normalized spacial score (nSPS) is 17.7. The topological polar surface area (TPSA) is 66.0 Å². The molecule has 1 unspecified atom stereocenters. The zero-order valence-electron chi connectivity index (χ0n) is 17.1. The molecule has 150 valence electrons. The van der Waals surface area contributed by atoms with Crippen LogP contribution in [0.15, 0.2) is 35.3 Å². The van der Waals surface area contributed by atoms with Gasteiger partial charge in [0.1, 0.15) is 5.60 Å². The van der Waals surface area contributed by atoms with E-state index in [1.807, 2.05) is 26.8 Å². The molecule has 0 aliphatic carbocycles. The van der Waals surface area contributed by atoms with Crippen molar-refractivity contribution in [3.8, 4) is 0 Å². The first kappa shape index (κ1) is 21.1. The van der Waals surface area contributed by atoms with E-state index in [0.717, 1.165) is 51.4 Å². The molecule has 2 N–H and O–H groups in total. The van der Waals surface area contributed by atoms with Crippen LogP contribution in [0, 0.1) is 0 Å². The van der Waals surface area contributed by atoms with Crippen LogP contribution in [0.25, 0.3) is 0 Å². The molecule has 2 rings (SSSR count). The second-order valence-electron chi connectivity index (χ2n) is 7.90. The molecule has 0 radical (unpaired) electrons. The van der Waals surface area contributed by atoms with Crippen LogP contribution in [0.1, 0.15) is 46.1 Å². The fraction of sp³-hybridized carbons (Fsp3) is 0.619. The number of hydrogen-bond acceptors (Lipinski definition) is 3. The molecule has 0 spiro atoms. The number of nitrogens with one attached hydrogen (secondary N) is 2. The molecule has 0 saturated carbocycles. The van der Waals surface area contributed by atoms with E-state index in [1.165, 1.54) is 5.56 Å². The number of alkyl carbamates (subject to hydrolysis) is 1. The van der Waals surface area contributed by atoms with Crippen LogP contribution in [0.3, 0.4) is 0 Å². The number of benzene rings is 1. The minimum Gasteiger partial charge on any atom is -0.444 e. The molecule has 6 nitrogen and oxygen atoms in total. The first-order chi connectivity index (χ1) is 12.9. The van der Waals surface area contributed by atoms with E-state index >= 15 is 0 Å². The maximum absolute atomic E-state index is 12.0. The third kappa shape index (κ3) is 7.89. The predicted octanol–water partition coefficient (Wildman–Crippen LogP) is 3.18. The molecular formula is C21H34N4O2. The highest BCUT2D eigenvalue weighted by molar-refractivity contribution is 5.80. The third-order valence-electron chi connectivity index (χ3n) is 4.27. The van der Waals surface area contributed by atoms with Gasteiger partial charge < -0.3 is 20.3 Å². The summed E-state index contributed by atoms with van der Waals surface area (Å²) in [6.45, 7) is 11.0. The number of rotatable bonds is 6. The molecule has 1 atom stereocenters. The van der Waals surface area contributed by atoms with Crippen LogP contribution in [-0.2, 0) is 11.2 Å². The van der Waals surface area contributed by atoms with Gasteiger partial charge in [-0.3, -0.25) is 4.99 Å². The van der Waals surface area contributed by atoms with E-state index in [1.54, 1.807) is 0 Å². The van der Waals surface area contributed by atoms with Crippen molar-refractivity contribution in [3.63, 3.8) is 0 Å². The Balaban J connectivity index is 1.81. The van der Waals surface area contributed by atoms with Crippen molar-refractivity contribution in [2.45, 2.75) is 58.6 Å². The first-order valence-electron chi connectivity index (χ1n) is 9.94. The van der Waals surface area contributed by atoms with Gasteiger partial charge in [-0.25, -0.2) is 4.79 Å². The highest BCUT2D eigenvalue weighted by Gasteiger charge is 2.27. The van der Waals surface area contributed by atoms with Gasteiger partial charge in [0.25, 0.3) is 0 Å². The van der Waals surface area contributed by atoms with Crippen molar-refractivity contribution in [2.24, 2.45) is 4.99 Å². The molecular weight excluding hydrogens is 340 g/mol. The average molecular weight is 375 g/mol. The summed E-state index contributed by atoms with van der Waals surface area (Å²) in [5.41, 5.74) is 0.873.